The molecule has 1 amide bonds. The Morgan fingerprint density at radius 3 is 2.67 bits per heavy atom. The molecule has 0 spiro atoms. The number of β-amino-alcohol motifs (C(OH)–C–C–N with tert-alkyl or cyclic N) is 1. The molecule has 0 radical (unpaired) electrons. The molecule has 1 fully saturated rings. The zero-order valence-corrected chi connectivity index (χ0v) is 14.2. The van der Waals surface area contributed by atoms with Crippen LogP contribution in [0.15, 0.2) is 24.3 Å². The molecule has 2 rings (SSSR count). The van der Waals surface area contributed by atoms with Crippen molar-refractivity contribution in [3.8, 4) is 6.07 Å². The Morgan fingerprint density at radius 2 is 2.04 bits per heavy atom. The van der Waals surface area contributed by atoms with Crippen LogP contribution in [0, 0.1) is 17.2 Å². The molecule has 1 unspecified atom stereocenters. The topological polar surface area (TPSA) is 88.4 Å². The minimum Gasteiger partial charge on any atom is -0.390 e. The number of aliphatic hydroxyl groups excluding tert-OH is 1. The molecule has 1 heterocycles. The van der Waals surface area contributed by atoms with E-state index >= 15 is 0 Å². The Kier molecular flexibility index (Phi) is 7.04. The Bertz CT molecular complexity index is 559. The predicted molar refractivity (Wildman–Crippen MR) is 93.5 cm³/mol. The van der Waals surface area contributed by atoms with Crippen LogP contribution in [-0.2, 0) is 4.79 Å². The molecular formula is C18H26N4O2. The fourth-order valence-electron chi connectivity index (χ4n) is 2.75. The van der Waals surface area contributed by atoms with Gasteiger partial charge in [0, 0.05) is 18.8 Å². The van der Waals surface area contributed by atoms with Crippen molar-refractivity contribution in [1.29, 1.82) is 5.26 Å². The van der Waals surface area contributed by atoms with E-state index in [2.05, 4.69) is 22.5 Å². The van der Waals surface area contributed by atoms with E-state index in [0.717, 1.165) is 24.7 Å². The monoisotopic (exact) mass is 330 g/mol. The molecule has 130 valence electrons. The second kappa shape index (κ2) is 9.26. The van der Waals surface area contributed by atoms with E-state index in [0.29, 0.717) is 12.1 Å². The van der Waals surface area contributed by atoms with Gasteiger partial charge in [-0.05, 0) is 56.1 Å². The first-order valence-electron chi connectivity index (χ1n) is 8.48. The van der Waals surface area contributed by atoms with Gasteiger partial charge in [0.15, 0.2) is 0 Å². The predicted octanol–water partition coefficient (Wildman–Crippen LogP) is 1.18. The third-order valence-corrected chi connectivity index (χ3v) is 4.35. The van der Waals surface area contributed by atoms with Crippen molar-refractivity contribution < 1.29 is 9.90 Å². The van der Waals surface area contributed by atoms with E-state index in [1.165, 1.54) is 12.8 Å². The quantitative estimate of drug-likeness (QED) is 0.699. The smallest absolute Gasteiger partial charge is 0.239 e. The first kappa shape index (κ1) is 18.2. The highest BCUT2D eigenvalue weighted by atomic mass is 16.3. The Balaban J connectivity index is 1.62. The van der Waals surface area contributed by atoms with Crippen LogP contribution >= 0.6 is 0 Å². The zero-order chi connectivity index (χ0) is 17.4. The molecule has 6 heteroatoms. The molecule has 1 aliphatic heterocycles. The summed E-state index contributed by atoms with van der Waals surface area (Å²) in [6.07, 6.45) is 1.80. The van der Waals surface area contributed by atoms with Gasteiger partial charge in [0.2, 0.25) is 5.91 Å². The number of aliphatic hydroxyl groups is 1. The summed E-state index contributed by atoms with van der Waals surface area (Å²) in [7, 11) is 0. The van der Waals surface area contributed by atoms with Crippen LogP contribution in [0.2, 0.25) is 0 Å². The van der Waals surface area contributed by atoms with Gasteiger partial charge in [0.05, 0.1) is 24.3 Å². The molecule has 0 aromatic heterocycles. The summed E-state index contributed by atoms with van der Waals surface area (Å²) >= 11 is 0. The molecular weight excluding hydrogens is 304 g/mol. The zero-order valence-electron chi connectivity index (χ0n) is 14.2. The second-order valence-corrected chi connectivity index (χ2v) is 6.48. The number of hydrogen-bond donors (Lipinski definition) is 3. The molecule has 24 heavy (non-hydrogen) atoms. The van der Waals surface area contributed by atoms with E-state index in [1.807, 2.05) is 6.07 Å². The lowest BCUT2D eigenvalue weighted by atomic mass is 9.99. The molecule has 1 aromatic rings. The largest absolute Gasteiger partial charge is 0.390 e. The number of carbonyl (C=O) groups is 1. The fourth-order valence-corrected chi connectivity index (χ4v) is 2.75. The maximum atomic E-state index is 11.8. The highest BCUT2D eigenvalue weighted by Gasteiger charge is 2.18. The van der Waals surface area contributed by atoms with Gasteiger partial charge in [0.1, 0.15) is 0 Å². The molecule has 6 nitrogen and oxygen atoms in total. The summed E-state index contributed by atoms with van der Waals surface area (Å²) in [4.78, 5) is 14.1. The molecule has 0 bridgehead atoms. The highest BCUT2D eigenvalue weighted by Crippen LogP contribution is 2.15. The van der Waals surface area contributed by atoms with Gasteiger partial charge in [0.25, 0.3) is 0 Å². The minimum absolute atomic E-state index is 0.139. The molecule has 1 aliphatic rings. The van der Waals surface area contributed by atoms with Gasteiger partial charge in [-0.2, -0.15) is 5.26 Å². The average Bonchev–Trinajstić information content (AvgIpc) is 2.60. The van der Waals surface area contributed by atoms with E-state index < -0.39 is 6.10 Å². The summed E-state index contributed by atoms with van der Waals surface area (Å²) in [6, 6.07) is 8.97. The number of hydrogen-bond acceptors (Lipinski definition) is 5. The lowest BCUT2D eigenvalue weighted by Gasteiger charge is -2.31. The van der Waals surface area contributed by atoms with Gasteiger partial charge in [-0.15, -0.1) is 0 Å². The second-order valence-electron chi connectivity index (χ2n) is 6.48. The van der Waals surface area contributed by atoms with E-state index in [-0.39, 0.29) is 19.0 Å². The molecule has 0 aliphatic carbocycles. The van der Waals surface area contributed by atoms with Crippen LogP contribution in [-0.4, -0.2) is 54.7 Å². The Morgan fingerprint density at radius 1 is 1.38 bits per heavy atom. The summed E-state index contributed by atoms with van der Waals surface area (Å²) in [6.45, 7) is 5.31. The Hall–Kier alpha value is -2.10. The molecule has 3 N–H and O–H groups in total. The van der Waals surface area contributed by atoms with Gasteiger partial charge >= 0.3 is 0 Å². The SMILES string of the molecule is CC1CCN(CC(O)CNC(=O)CNc2ccc(C#N)cc2)CC1. The van der Waals surface area contributed by atoms with Crippen LogP contribution in [0.5, 0.6) is 0 Å². The number of amides is 1. The molecule has 1 atom stereocenters. The first-order chi connectivity index (χ1) is 11.6. The van der Waals surface area contributed by atoms with Crippen molar-refractivity contribution in [3.63, 3.8) is 0 Å². The number of rotatable bonds is 7. The summed E-state index contributed by atoms with van der Waals surface area (Å²) in [5, 5.41) is 24.5. The number of likely N-dealkylation sites (tertiary alicyclic amines) is 1. The third-order valence-electron chi connectivity index (χ3n) is 4.35. The number of nitrogens with zero attached hydrogens (tertiary/aromatic N) is 2. The van der Waals surface area contributed by atoms with Crippen molar-refractivity contribution in [2.24, 2.45) is 5.92 Å². The van der Waals surface area contributed by atoms with Crippen LogP contribution in [0.1, 0.15) is 25.3 Å². The van der Waals surface area contributed by atoms with Crippen molar-refractivity contribution in [3.05, 3.63) is 29.8 Å². The van der Waals surface area contributed by atoms with Crippen molar-refractivity contribution >= 4 is 11.6 Å². The summed E-state index contributed by atoms with van der Waals surface area (Å²) < 4.78 is 0. The maximum absolute atomic E-state index is 11.8. The molecule has 1 saturated heterocycles. The van der Waals surface area contributed by atoms with E-state index in [4.69, 9.17) is 5.26 Å². The molecule has 0 saturated carbocycles. The number of nitriles is 1. The molecule has 1 aromatic carbocycles. The van der Waals surface area contributed by atoms with Crippen LogP contribution in [0.3, 0.4) is 0 Å². The number of carbonyl (C=O) groups excluding carboxylic acids is 1. The van der Waals surface area contributed by atoms with Crippen LogP contribution in [0.25, 0.3) is 0 Å². The van der Waals surface area contributed by atoms with Gasteiger partial charge < -0.3 is 20.6 Å². The Labute approximate surface area is 143 Å². The number of piperidine rings is 1. The lowest BCUT2D eigenvalue weighted by Crippen LogP contribution is -2.43. The van der Waals surface area contributed by atoms with Crippen molar-refractivity contribution in [2.45, 2.75) is 25.9 Å². The van der Waals surface area contributed by atoms with Crippen molar-refractivity contribution in [1.82, 2.24) is 10.2 Å². The van der Waals surface area contributed by atoms with E-state index in [9.17, 15) is 9.90 Å². The number of nitrogens with one attached hydrogen (secondary N) is 2. The van der Waals surface area contributed by atoms with E-state index in [1.54, 1.807) is 24.3 Å². The highest BCUT2D eigenvalue weighted by molar-refractivity contribution is 5.80. The maximum Gasteiger partial charge on any atom is 0.239 e. The third kappa shape index (κ3) is 6.19. The summed E-state index contributed by atoms with van der Waals surface area (Å²) in [5.41, 5.74) is 1.37. The summed E-state index contributed by atoms with van der Waals surface area (Å²) in [5.74, 6) is 0.608. The van der Waals surface area contributed by atoms with Gasteiger partial charge in [-0.1, -0.05) is 6.92 Å². The van der Waals surface area contributed by atoms with Crippen LogP contribution < -0.4 is 10.6 Å². The minimum atomic E-state index is -0.544. The average molecular weight is 330 g/mol. The van der Waals surface area contributed by atoms with Gasteiger partial charge in [-0.3, -0.25) is 4.79 Å². The number of anilines is 1. The normalized spacial score (nSPS) is 17.0. The van der Waals surface area contributed by atoms with Crippen molar-refractivity contribution in [2.75, 3.05) is 38.0 Å². The first-order valence-corrected chi connectivity index (χ1v) is 8.48. The van der Waals surface area contributed by atoms with Gasteiger partial charge in [-0.25, -0.2) is 0 Å². The number of benzene rings is 1. The fraction of sp³-hybridized carbons (Fsp3) is 0.556. The lowest BCUT2D eigenvalue weighted by molar-refractivity contribution is -0.119. The standard InChI is InChI=1S/C18H26N4O2/c1-14-6-8-22(9-7-14)13-17(23)11-21-18(24)12-20-16-4-2-15(10-19)3-5-16/h2-5,14,17,20,23H,6-9,11-13H2,1H3,(H,21,24). The van der Waals surface area contributed by atoms with Crippen LogP contribution in [0.4, 0.5) is 5.69 Å².